The molecule has 0 bridgehead atoms. The monoisotopic (exact) mass is 546 g/mol. The van der Waals surface area contributed by atoms with Crippen molar-refractivity contribution in [2.75, 3.05) is 26.7 Å². The fourth-order valence-electron chi connectivity index (χ4n) is 3.54. The molecular weight excluding hydrogens is 520 g/mol. The summed E-state index contributed by atoms with van der Waals surface area (Å²) >= 11 is 3.34. The lowest BCUT2D eigenvalue weighted by molar-refractivity contribution is 0.0904. The van der Waals surface area contributed by atoms with Crippen LogP contribution in [0.3, 0.4) is 0 Å². The van der Waals surface area contributed by atoms with Crippen molar-refractivity contribution < 1.29 is 26.7 Å². The molecule has 3 atom stereocenters. The van der Waals surface area contributed by atoms with Gasteiger partial charge in [-0.05, 0) is 37.3 Å². The van der Waals surface area contributed by atoms with Gasteiger partial charge in [0, 0.05) is 30.0 Å². The summed E-state index contributed by atoms with van der Waals surface area (Å²) in [4.78, 5) is 0.147. The van der Waals surface area contributed by atoms with Gasteiger partial charge in [-0.25, -0.2) is 16.8 Å². The fraction of sp³-hybridized carbons (Fsp3) is 0.429. The van der Waals surface area contributed by atoms with Crippen LogP contribution in [0.4, 0.5) is 0 Å². The molecule has 0 aliphatic carbocycles. The predicted octanol–water partition coefficient (Wildman–Crippen LogP) is 2.54. The Hall–Kier alpha value is -1.50. The minimum absolute atomic E-state index is 0.0196. The zero-order valence-electron chi connectivity index (χ0n) is 18.0. The SMILES string of the molecule is C[C@@H]1CN([C@@H](C)CO)S(=O)(=O)c2ccc(Br)cc2O[C@@H]1CN(C)S(=O)(=O)c1ccccc1. The van der Waals surface area contributed by atoms with Crippen LogP contribution in [0.2, 0.25) is 0 Å². The number of rotatable bonds is 6. The van der Waals surface area contributed by atoms with Crippen molar-refractivity contribution in [3.05, 3.63) is 53.0 Å². The lowest BCUT2D eigenvalue weighted by atomic mass is 10.0. The van der Waals surface area contributed by atoms with Gasteiger partial charge in [0.25, 0.3) is 0 Å². The highest BCUT2D eigenvalue weighted by atomic mass is 79.9. The number of benzene rings is 2. The molecular formula is C21H27BrN2O6S2. The van der Waals surface area contributed by atoms with E-state index in [9.17, 15) is 21.9 Å². The van der Waals surface area contributed by atoms with E-state index in [-0.39, 0.29) is 41.2 Å². The van der Waals surface area contributed by atoms with Crippen LogP contribution in [0, 0.1) is 5.92 Å². The summed E-state index contributed by atoms with van der Waals surface area (Å²) < 4.78 is 61.9. The minimum Gasteiger partial charge on any atom is -0.487 e. The second-order valence-corrected chi connectivity index (χ2v) is 12.7. The van der Waals surface area contributed by atoms with E-state index in [1.54, 1.807) is 37.3 Å². The summed E-state index contributed by atoms with van der Waals surface area (Å²) in [6, 6.07) is 12.1. The number of aliphatic hydroxyl groups is 1. The van der Waals surface area contributed by atoms with Crippen molar-refractivity contribution in [1.29, 1.82) is 0 Å². The van der Waals surface area contributed by atoms with E-state index in [4.69, 9.17) is 4.74 Å². The number of halogens is 1. The van der Waals surface area contributed by atoms with Crippen molar-refractivity contribution in [3.63, 3.8) is 0 Å². The van der Waals surface area contributed by atoms with E-state index in [2.05, 4.69) is 15.9 Å². The van der Waals surface area contributed by atoms with Gasteiger partial charge in [-0.1, -0.05) is 41.1 Å². The minimum atomic E-state index is -3.93. The topological polar surface area (TPSA) is 104 Å². The molecule has 0 spiro atoms. The molecule has 0 unspecified atom stereocenters. The number of nitrogens with zero attached hydrogens (tertiary/aromatic N) is 2. The Morgan fingerprint density at radius 3 is 2.53 bits per heavy atom. The van der Waals surface area contributed by atoms with Crippen LogP contribution >= 0.6 is 15.9 Å². The average molecular weight is 547 g/mol. The molecule has 8 nitrogen and oxygen atoms in total. The van der Waals surface area contributed by atoms with Gasteiger partial charge in [0.15, 0.2) is 0 Å². The van der Waals surface area contributed by atoms with E-state index in [1.807, 2.05) is 6.92 Å². The number of aliphatic hydroxyl groups excluding tert-OH is 1. The van der Waals surface area contributed by atoms with Crippen molar-refractivity contribution in [2.24, 2.45) is 5.92 Å². The van der Waals surface area contributed by atoms with Crippen LogP contribution in [0.25, 0.3) is 0 Å². The van der Waals surface area contributed by atoms with Crippen LogP contribution in [0.1, 0.15) is 13.8 Å². The molecule has 0 fully saturated rings. The smallest absolute Gasteiger partial charge is 0.247 e. The largest absolute Gasteiger partial charge is 0.487 e. The summed E-state index contributed by atoms with van der Waals surface area (Å²) in [6.45, 7) is 3.19. The summed E-state index contributed by atoms with van der Waals surface area (Å²) in [6.07, 6.45) is -0.629. The third-order valence-corrected chi connectivity index (χ3v) is 9.87. The first-order chi connectivity index (χ1) is 15.0. The highest BCUT2D eigenvalue weighted by molar-refractivity contribution is 9.10. The first-order valence-electron chi connectivity index (χ1n) is 10.1. The second-order valence-electron chi connectivity index (χ2n) is 7.93. The van der Waals surface area contributed by atoms with E-state index in [1.165, 1.54) is 33.9 Å². The Balaban J connectivity index is 2.01. The Morgan fingerprint density at radius 2 is 1.91 bits per heavy atom. The molecule has 0 radical (unpaired) electrons. The van der Waals surface area contributed by atoms with Crippen LogP contribution in [0.15, 0.2) is 62.8 Å². The molecule has 2 aromatic carbocycles. The Kier molecular flexibility index (Phi) is 7.68. The number of sulfonamides is 2. The first-order valence-corrected chi connectivity index (χ1v) is 13.8. The van der Waals surface area contributed by atoms with E-state index < -0.39 is 32.2 Å². The number of likely N-dealkylation sites (N-methyl/N-ethyl adjacent to an activating group) is 1. The van der Waals surface area contributed by atoms with Crippen molar-refractivity contribution in [3.8, 4) is 5.75 Å². The quantitative estimate of drug-likeness (QED) is 0.596. The molecule has 1 aliphatic heterocycles. The Morgan fingerprint density at radius 1 is 1.25 bits per heavy atom. The van der Waals surface area contributed by atoms with Crippen LogP contribution in [0.5, 0.6) is 5.75 Å². The summed E-state index contributed by atoms with van der Waals surface area (Å²) in [5.74, 6) is -0.226. The van der Waals surface area contributed by atoms with Crippen molar-refractivity contribution in [1.82, 2.24) is 8.61 Å². The van der Waals surface area contributed by atoms with Crippen LogP contribution in [-0.2, 0) is 20.0 Å². The lowest BCUT2D eigenvalue weighted by Crippen LogP contribution is -2.50. The molecule has 0 amide bonds. The molecule has 2 aromatic rings. The van der Waals surface area contributed by atoms with Gasteiger partial charge in [-0.2, -0.15) is 8.61 Å². The summed E-state index contributed by atoms with van der Waals surface area (Å²) in [7, 11) is -6.21. The average Bonchev–Trinajstić information content (AvgIpc) is 2.75. The van der Waals surface area contributed by atoms with Crippen LogP contribution in [-0.4, -0.2) is 69.4 Å². The molecule has 176 valence electrons. The zero-order chi connectivity index (χ0) is 23.7. The van der Waals surface area contributed by atoms with Gasteiger partial charge in [0.1, 0.15) is 16.7 Å². The third kappa shape index (κ3) is 5.02. The zero-order valence-corrected chi connectivity index (χ0v) is 21.3. The van der Waals surface area contributed by atoms with Crippen molar-refractivity contribution >= 4 is 36.0 Å². The van der Waals surface area contributed by atoms with Gasteiger partial charge in [0.05, 0.1) is 18.0 Å². The van der Waals surface area contributed by atoms with Gasteiger partial charge in [0.2, 0.25) is 20.0 Å². The normalized spacial score (nSPS) is 22.4. The van der Waals surface area contributed by atoms with Gasteiger partial charge < -0.3 is 9.84 Å². The molecule has 0 aromatic heterocycles. The number of fused-ring (bicyclic) bond motifs is 1. The highest BCUT2D eigenvalue weighted by Crippen LogP contribution is 2.35. The van der Waals surface area contributed by atoms with E-state index in [0.717, 1.165) is 0 Å². The maximum atomic E-state index is 13.3. The molecule has 3 rings (SSSR count). The Bertz CT molecular complexity index is 1160. The van der Waals surface area contributed by atoms with Crippen molar-refractivity contribution in [2.45, 2.75) is 35.8 Å². The number of hydrogen-bond donors (Lipinski definition) is 1. The molecule has 1 aliphatic rings. The second kappa shape index (κ2) is 9.78. The van der Waals surface area contributed by atoms with Gasteiger partial charge in [-0.3, -0.25) is 0 Å². The van der Waals surface area contributed by atoms with Gasteiger partial charge >= 0.3 is 0 Å². The number of hydrogen-bond acceptors (Lipinski definition) is 6. The number of ether oxygens (including phenoxy) is 1. The maximum Gasteiger partial charge on any atom is 0.247 e. The fourth-order valence-corrected chi connectivity index (χ4v) is 6.91. The van der Waals surface area contributed by atoms with Crippen LogP contribution < -0.4 is 4.74 Å². The molecule has 1 heterocycles. The summed E-state index contributed by atoms with van der Waals surface area (Å²) in [5, 5.41) is 9.67. The standard InChI is InChI=1S/C21H27BrN2O6S2/c1-15-12-24(16(2)14-25)32(28,29)21-10-9-17(22)11-19(21)30-20(15)13-23(3)31(26,27)18-7-5-4-6-8-18/h4-11,15-16,20,25H,12-14H2,1-3H3/t15-,16+,20-/m1/s1. The molecule has 11 heteroatoms. The molecule has 0 saturated carbocycles. The van der Waals surface area contributed by atoms with E-state index in [0.29, 0.717) is 4.47 Å². The Labute approximate surface area is 198 Å². The molecule has 0 saturated heterocycles. The third-order valence-electron chi connectivity index (χ3n) is 5.52. The molecule has 1 N–H and O–H groups in total. The highest BCUT2D eigenvalue weighted by Gasteiger charge is 2.39. The summed E-state index contributed by atoms with van der Waals surface area (Å²) in [5.41, 5.74) is 0. The van der Waals surface area contributed by atoms with E-state index >= 15 is 0 Å². The predicted molar refractivity (Wildman–Crippen MR) is 124 cm³/mol. The van der Waals surface area contributed by atoms with Gasteiger partial charge in [-0.15, -0.1) is 0 Å². The maximum absolute atomic E-state index is 13.3. The first kappa shape index (κ1) is 25.1. The lowest BCUT2D eigenvalue weighted by Gasteiger charge is -2.37. The molecule has 32 heavy (non-hydrogen) atoms.